The second-order valence-corrected chi connectivity index (χ2v) is 12.2. The highest BCUT2D eigenvalue weighted by molar-refractivity contribution is 6.04. The molecule has 4 rings (SSSR count). The summed E-state index contributed by atoms with van der Waals surface area (Å²) < 4.78 is 6.01. The summed E-state index contributed by atoms with van der Waals surface area (Å²) in [5.74, 6) is -1.58. The Labute approximate surface area is 209 Å². The van der Waals surface area contributed by atoms with Gasteiger partial charge in [-0.2, -0.15) is 0 Å². The minimum absolute atomic E-state index is 0.0141. The maximum absolute atomic E-state index is 13.0. The van der Waals surface area contributed by atoms with Gasteiger partial charge in [-0.3, -0.25) is 9.59 Å². The third-order valence-corrected chi connectivity index (χ3v) is 9.49. The summed E-state index contributed by atoms with van der Waals surface area (Å²) in [6.07, 6.45) is 11.6. The highest BCUT2D eigenvalue weighted by atomic mass is 16.5. The van der Waals surface area contributed by atoms with Crippen molar-refractivity contribution in [1.82, 2.24) is 0 Å². The summed E-state index contributed by atoms with van der Waals surface area (Å²) in [5, 5.41) is 33.7. The number of fused-ring (bicyclic) bond motifs is 5. The molecule has 2 fully saturated rings. The highest BCUT2D eigenvalue weighted by Gasteiger charge is 2.75. The SMILES string of the molecule is CCCCCCCCCC(=O)O[C@@H]1C[C@@]2(O)[C@@H](C=C(CO)C[C@]3(O)C(=O)C(C)=C[C@@H]23)[C@H]2[C@@H]1C2(C)C. The van der Waals surface area contributed by atoms with E-state index in [-0.39, 0.29) is 54.4 Å². The molecule has 4 aliphatic carbocycles. The average Bonchev–Trinajstić information content (AvgIpc) is 3.33. The number of hydrogen-bond donors (Lipinski definition) is 3. The number of esters is 1. The van der Waals surface area contributed by atoms with E-state index in [0.717, 1.165) is 19.3 Å². The molecule has 0 aromatic heterocycles. The van der Waals surface area contributed by atoms with Crippen LogP contribution in [0.5, 0.6) is 0 Å². The smallest absolute Gasteiger partial charge is 0.306 e. The van der Waals surface area contributed by atoms with Gasteiger partial charge >= 0.3 is 5.97 Å². The molecule has 0 aliphatic heterocycles. The Morgan fingerprint density at radius 2 is 1.71 bits per heavy atom. The first-order chi connectivity index (χ1) is 16.5. The fraction of sp³-hybridized carbons (Fsp3) is 0.793. The summed E-state index contributed by atoms with van der Waals surface area (Å²) in [7, 11) is 0. The van der Waals surface area contributed by atoms with Gasteiger partial charge < -0.3 is 20.1 Å². The molecule has 6 nitrogen and oxygen atoms in total. The monoisotopic (exact) mass is 488 g/mol. The van der Waals surface area contributed by atoms with Crippen LogP contribution in [0.4, 0.5) is 0 Å². The number of carbonyl (C=O) groups excluding carboxylic acids is 2. The maximum atomic E-state index is 13.0. The van der Waals surface area contributed by atoms with Crippen LogP contribution in [0.1, 0.15) is 91.9 Å². The van der Waals surface area contributed by atoms with Crippen LogP contribution in [-0.4, -0.2) is 51.0 Å². The van der Waals surface area contributed by atoms with Gasteiger partial charge in [0.25, 0.3) is 0 Å². The fourth-order valence-electron chi connectivity index (χ4n) is 7.62. The van der Waals surface area contributed by atoms with Crippen LogP contribution in [0.2, 0.25) is 0 Å². The Balaban J connectivity index is 1.50. The largest absolute Gasteiger partial charge is 0.462 e. The molecular weight excluding hydrogens is 444 g/mol. The van der Waals surface area contributed by atoms with Crippen LogP contribution >= 0.6 is 0 Å². The van der Waals surface area contributed by atoms with E-state index in [1.165, 1.54) is 25.7 Å². The van der Waals surface area contributed by atoms with E-state index in [1.807, 2.05) is 6.08 Å². The van der Waals surface area contributed by atoms with Gasteiger partial charge in [-0.05, 0) is 35.8 Å². The second-order valence-electron chi connectivity index (χ2n) is 12.2. The zero-order valence-corrected chi connectivity index (χ0v) is 21.9. The van der Waals surface area contributed by atoms with Crippen molar-refractivity contribution in [1.29, 1.82) is 0 Å². The topological polar surface area (TPSA) is 104 Å². The first kappa shape index (κ1) is 26.6. The molecule has 0 aromatic rings. The first-order valence-corrected chi connectivity index (χ1v) is 13.7. The van der Waals surface area contributed by atoms with E-state index in [0.29, 0.717) is 17.6 Å². The van der Waals surface area contributed by atoms with Gasteiger partial charge in [-0.1, -0.05) is 71.4 Å². The zero-order chi connectivity index (χ0) is 25.6. The average molecular weight is 489 g/mol. The predicted molar refractivity (Wildman–Crippen MR) is 133 cm³/mol. The second kappa shape index (κ2) is 9.75. The van der Waals surface area contributed by atoms with Crippen molar-refractivity contribution < 1.29 is 29.6 Å². The Kier molecular flexibility index (Phi) is 7.40. The van der Waals surface area contributed by atoms with Gasteiger partial charge in [0.15, 0.2) is 5.78 Å². The van der Waals surface area contributed by atoms with Crippen molar-refractivity contribution in [3.8, 4) is 0 Å². The van der Waals surface area contributed by atoms with E-state index >= 15 is 0 Å². The lowest BCUT2D eigenvalue weighted by Gasteiger charge is -2.47. The van der Waals surface area contributed by atoms with Crippen molar-refractivity contribution in [3.63, 3.8) is 0 Å². The summed E-state index contributed by atoms with van der Waals surface area (Å²) in [5.41, 5.74) is -2.34. The Hall–Kier alpha value is -1.50. The van der Waals surface area contributed by atoms with Crippen molar-refractivity contribution in [2.75, 3.05) is 6.61 Å². The van der Waals surface area contributed by atoms with Gasteiger partial charge in [0.1, 0.15) is 11.7 Å². The normalized spacial score (nSPS) is 39.1. The number of aliphatic hydroxyl groups is 3. The van der Waals surface area contributed by atoms with Crippen LogP contribution in [0, 0.1) is 29.1 Å². The summed E-state index contributed by atoms with van der Waals surface area (Å²) in [4.78, 5) is 25.8. The van der Waals surface area contributed by atoms with Crippen LogP contribution in [0.25, 0.3) is 0 Å². The summed E-state index contributed by atoms with van der Waals surface area (Å²) in [6, 6.07) is 0. The molecule has 0 saturated heterocycles. The van der Waals surface area contributed by atoms with Crippen LogP contribution < -0.4 is 0 Å². The lowest BCUT2D eigenvalue weighted by molar-refractivity contribution is -0.176. The number of carbonyl (C=O) groups is 2. The predicted octanol–water partition coefficient (Wildman–Crippen LogP) is 4.26. The first-order valence-electron chi connectivity index (χ1n) is 13.7. The number of hydrogen-bond acceptors (Lipinski definition) is 6. The maximum Gasteiger partial charge on any atom is 0.306 e. The molecule has 0 spiro atoms. The molecule has 2 saturated carbocycles. The van der Waals surface area contributed by atoms with Crippen LogP contribution in [0.3, 0.4) is 0 Å². The lowest BCUT2D eigenvalue weighted by atomic mass is 9.64. The van der Waals surface area contributed by atoms with E-state index in [2.05, 4.69) is 20.8 Å². The van der Waals surface area contributed by atoms with Gasteiger partial charge in [-0.15, -0.1) is 0 Å². The number of Topliss-reactive ketones (excluding diaryl/α,β-unsaturated/α-hetero) is 1. The molecule has 0 bridgehead atoms. The van der Waals surface area contributed by atoms with Gasteiger partial charge in [0.05, 0.1) is 12.2 Å². The molecule has 7 atom stereocenters. The molecule has 0 amide bonds. The minimum atomic E-state index is -1.78. The molecule has 0 aromatic carbocycles. The van der Waals surface area contributed by atoms with Crippen molar-refractivity contribution >= 4 is 11.8 Å². The number of aliphatic hydroxyl groups excluding tert-OH is 1. The van der Waals surface area contributed by atoms with Crippen molar-refractivity contribution in [2.45, 2.75) is 109 Å². The lowest BCUT2D eigenvalue weighted by Crippen LogP contribution is -2.58. The molecule has 0 heterocycles. The third kappa shape index (κ3) is 4.55. The highest BCUT2D eigenvalue weighted by Crippen LogP contribution is 2.72. The molecule has 35 heavy (non-hydrogen) atoms. The Morgan fingerprint density at radius 3 is 2.37 bits per heavy atom. The van der Waals surface area contributed by atoms with Gasteiger partial charge in [-0.25, -0.2) is 0 Å². The molecule has 196 valence electrons. The van der Waals surface area contributed by atoms with E-state index in [9.17, 15) is 24.9 Å². The van der Waals surface area contributed by atoms with Crippen LogP contribution in [0.15, 0.2) is 23.3 Å². The number of ether oxygens (including phenoxy) is 1. The molecule has 0 unspecified atom stereocenters. The van der Waals surface area contributed by atoms with Crippen molar-refractivity contribution in [3.05, 3.63) is 23.3 Å². The number of rotatable bonds is 10. The number of unbranched alkanes of at least 4 members (excludes halogenated alkanes) is 6. The minimum Gasteiger partial charge on any atom is -0.462 e. The van der Waals surface area contributed by atoms with E-state index in [4.69, 9.17) is 4.74 Å². The van der Waals surface area contributed by atoms with E-state index in [1.54, 1.807) is 13.0 Å². The Morgan fingerprint density at radius 1 is 1.06 bits per heavy atom. The number of ketones is 1. The zero-order valence-electron chi connectivity index (χ0n) is 21.9. The molecule has 0 radical (unpaired) electrons. The fourth-order valence-corrected chi connectivity index (χ4v) is 7.62. The molecule has 4 aliphatic rings. The van der Waals surface area contributed by atoms with E-state index < -0.39 is 23.2 Å². The molecule has 3 N–H and O–H groups in total. The third-order valence-electron chi connectivity index (χ3n) is 9.49. The standard InChI is InChI=1S/C29H44O6/c1-5-6-7-8-9-10-11-12-23(31)35-21-16-28(33)20(24-25(21)27(24,3)4)14-19(17-30)15-29(34)22(28)13-18(2)26(29)32/h13-14,20-22,24-25,30,33-34H,5-12,15-17H2,1-4H3/t20-,21+,22-,24-,25+,28+,29+/m0/s1. The van der Waals surface area contributed by atoms with Gasteiger partial charge in [0, 0.05) is 37.0 Å². The Bertz CT molecular complexity index is 903. The quantitative estimate of drug-likeness (QED) is 0.241. The van der Waals surface area contributed by atoms with Crippen molar-refractivity contribution in [2.24, 2.45) is 29.1 Å². The summed E-state index contributed by atoms with van der Waals surface area (Å²) in [6.45, 7) is 7.88. The summed E-state index contributed by atoms with van der Waals surface area (Å²) >= 11 is 0. The van der Waals surface area contributed by atoms with Gasteiger partial charge in [0.2, 0.25) is 0 Å². The molecular formula is C29H44O6. The molecule has 6 heteroatoms. The van der Waals surface area contributed by atoms with Crippen LogP contribution in [-0.2, 0) is 14.3 Å².